The molecule has 1 aliphatic carbocycles. The fourth-order valence-corrected chi connectivity index (χ4v) is 2.98. The second-order valence-corrected chi connectivity index (χ2v) is 6.04. The van der Waals surface area contributed by atoms with Crippen molar-refractivity contribution in [2.24, 2.45) is 0 Å². The number of rotatable bonds is 6. The molecule has 124 valence electrons. The van der Waals surface area contributed by atoms with Gasteiger partial charge in [-0.15, -0.1) is 0 Å². The van der Waals surface area contributed by atoms with Gasteiger partial charge in [0, 0.05) is 18.2 Å². The zero-order valence-corrected chi connectivity index (χ0v) is 13.1. The van der Waals surface area contributed by atoms with Crippen molar-refractivity contribution in [1.29, 1.82) is 0 Å². The molecule has 2 aliphatic rings. The standard InChI is InChI=1S/C17H21NO5/c1-22-13-5-3-2-4-11(13)10-18(12-6-7-12)16(19)14-8-9-15(23-14)17(20)21/h2-5,12,14-15H,6-10H2,1H3,(H,20,21)/t14-,15+/m0/s1. The summed E-state index contributed by atoms with van der Waals surface area (Å²) in [4.78, 5) is 25.6. The van der Waals surface area contributed by atoms with Crippen LogP contribution in [-0.4, -0.2) is 47.2 Å². The number of benzene rings is 1. The van der Waals surface area contributed by atoms with Crippen LogP contribution in [0.1, 0.15) is 31.2 Å². The largest absolute Gasteiger partial charge is 0.496 e. The molecule has 1 saturated carbocycles. The smallest absolute Gasteiger partial charge is 0.332 e. The SMILES string of the molecule is COc1ccccc1CN(C(=O)[C@@H]1CC[C@H](C(=O)O)O1)C1CC1. The Labute approximate surface area is 135 Å². The van der Waals surface area contributed by atoms with Crippen LogP contribution in [0.25, 0.3) is 0 Å². The molecule has 0 unspecified atom stereocenters. The molecule has 1 saturated heterocycles. The quantitative estimate of drug-likeness (QED) is 0.865. The highest BCUT2D eigenvalue weighted by atomic mass is 16.5. The van der Waals surface area contributed by atoms with Crippen molar-refractivity contribution in [1.82, 2.24) is 4.90 Å². The molecule has 0 spiro atoms. The average Bonchev–Trinajstić information content (AvgIpc) is 3.27. The third kappa shape index (κ3) is 3.47. The first-order chi connectivity index (χ1) is 11.1. The van der Waals surface area contributed by atoms with E-state index in [0.717, 1.165) is 24.2 Å². The molecule has 1 N–H and O–H groups in total. The zero-order valence-electron chi connectivity index (χ0n) is 13.1. The lowest BCUT2D eigenvalue weighted by molar-refractivity contribution is -0.155. The first-order valence-corrected chi connectivity index (χ1v) is 7.90. The number of carbonyl (C=O) groups is 2. The molecule has 0 bridgehead atoms. The number of carboxylic acid groups (broad SMARTS) is 1. The number of ether oxygens (including phenoxy) is 2. The van der Waals surface area contributed by atoms with Gasteiger partial charge in [-0.25, -0.2) is 4.79 Å². The minimum atomic E-state index is -0.997. The normalized spacial score (nSPS) is 23.5. The average molecular weight is 319 g/mol. The van der Waals surface area contributed by atoms with Crippen LogP contribution in [0.15, 0.2) is 24.3 Å². The van der Waals surface area contributed by atoms with Gasteiger partial charge in [-0.1, -0.05) is 18.2 Å². The van der Waals surface area contributed by atoms with E-state index in [1.807, 2.05) is 29.2 Å². The molecule has 1 aliphatic heterocycles. The van der Waals surface area contributed by atoms with Crippen molar-refractivity contribution in [2.45, 2.75) is 50.5 Å². The highest BCUT2D eigenvalue weighted by Crippen LogP contribution is 2.33. The predicted octanol–water partition coefficient (Wildman–Crippen LogP) is 1.82. The molecule has 6 nitrogen and oxygen atoms in total. The van der Waals surface area contributed by atoms with E-state index in [9.17, 15) is 9.59 Å². The molecule has 23 heavy (non-hydrogen) atoms. The fourth-order valence-electron chi connectivity index (χ4n) is 2.98. The fraction of sp³-hybridized carbons (Fsp3) is 0.529. The van der Waals surface area contributed by atoms with E-state index in [0.29, 0.717) is 19.4 Å². The van der Waals surface area contributed by atoms with Gasteiger partial charge in [-0.05, 0) is 31.7 Å². The molecule has 1 aromatic carbocycles. The first-order valence-electron chi connectivity index (χ1n) is 7.90. The second kappa shape index (κ2) is 6.58. The number of para-hydroxylation sites is 1. The van der Waals surface area contributed by atoms with Crippen LogP contribution in [0.2, 0.25) is 0 Å². The van der Waals surface area contributed by atoms with E-state index in [2.05, 4.69) is 0 Å². The Morgan fingerprint density at radius 2 is 1.91 bits per heavy atom. The van der Waals surface area contributed by atoms with E-state index < -0.39 is 18.2 Å². The van der Waals surface area contributed by atoms with Crippen molar-refractivity contribution < 1.29 is 24.2 Å². The van der Waals surface area contributed by atoms with E-state index >= 15 is 0 Å². The Kier molecular flexibility index (Phi) is 4.52. The molecule has 2 fully saturated rings. The molecule has 1 aromatic rings. The minimum absolute atomic E-state index is 0.109. The lowest BCUT2D eigenvalue weighted by Crippen LogP contribution is -2.40. The molecular formula is C17H21NO5. The Balaban J connectivity index is 1.72. The lowest BCUT2D eigenvalue weighted by atomic mass is 10.1. The maximum absolute atomic E-state index is 12.8. The highest BCUT2D eigenvalue weighted by Gasteiger charge is 2.41. The van der Waals surface area contributed by atoms with E-state index in [1.165, 1.54) is 0 Å². The summed E-state index contributed by atoms with van der Waals surface area (Å²) in [6.45, 7) is 0.463. The molecule has 0 aromatic heterocycles. The van der Waals surface area contributed by atoms with Gasteiger partial charge in [0.2, 0.25) is 0 Å². The summed E-state index contributed by atoms with van der Waals surface area (Å²) in [6, 6.07) is 7.84. The van der Waals surface area contributed by atoms with Crippen molar-refractivity contribution in [2.75, 3.05) is 7.11 Å². The van der Waals surface area contributed by atoms with Gasteiger partial charge in [-0.3, -0.25) is 4.79 Å². The molecule has 1 heterocycles. The van der Waals surface area contributed by atoms with Crippen LogP contribution in [-0.2, 0) is 20.9 Å². The van der Waals surface area contributed by atoms with Gasteiger partial charge in [0.1, 0.15) is 11.9 Å². The maximum Gasteiger partial charge on any atom is 0.332 e. The molecule has 3 rings (SSSR count). The summed E-state index contributed by atoms with van der Waals surface area (Å²) in [5, 5.41) is 9.01. The third-order valence-corrected chi connectivity index (χ3v) is 4.37. The molecule has 0 radical (unpaired) electrons. The first kappa shape index (κ1) is 15.8. The van der Waals surface area contributed by atoms with Crippen molar-refractivity contribution in [3.63, 3.8) is 0 Å². The molecule has 1 amide bonds. The van der Waals surface area contributed by atoms with Crippen LogP contribution in [0, 0.1) is 0 Å². The molecular weight excluding hydrogens is 298 g/mol. The monoisotopic (exact) mass is 319 g/mol. The zero-order chi connectivity index (χ0) is 16.4. The highest BCUT2D eigenvalue weighted by molar-refractivity contribution is 5.83. The minimum Gasteiger partial charge on any atom is -0.496 e. The van der Waals surface area contributed by atoms with E-state index in [1.54, 1.807) is 7.11 Å². The summed E-state index contributed by atoms with van der Waals surface area (Å²) < 4.78 is 10.8. The number of methoxy groups -OCH3 is 1. The number of hydrogen-bond donors (Lipinski definition) is 1. The molecule has 6 heteroatoms. The van der Waals surface area contributed by atoms with Gasteiger partial charge in [0.05, 0.1) is 7.11 Å². The predicted molar refractivity (Wildman–Crippen MR) is 82.1 cm³/mol. The second-order valence-electron chi connectivity index (χ2n) is 6.04. The van der Waals surface area contributed by atoms with Gasteiger partial charge in [0.25, 0.3) is 5.91 Å². The van der Waals surface area contributed by atoms with Crippen LogP contribution < -0.4 is 4.74 Å². The summed E-state index contributed by atoms with van der Waals surface area (Å²) in [5.41, 5.74) is 0.947. The number of amides is 1. The van der Waals surface area contributed by atoms with Gasteiger partial charge in [-0.2, -0.15) is 0 Å². The molecule has 2 atom stereocenters. The van der Waals surface area contributed by atoms with Crippen molar-refractivity contribution in [3.05, 3.63) is 29.8 Å². The number of carboxylic acids is 1. The maximum atomic E-state index is 12.8. The van der Waals surface area contributed by atoms with Gasteiger partial charge >= 0.3 is 5.97 Å². The Morgan fingerprint density at radius 3 is 2.52 bits per heavy atom. The third-order valence-electron chi connectivity index (χ3n) is 4.37. The van der Waals surface area contributed by atoms with Gasteiger partial charge in [0.15, 0.2) is 6.10 Å². The topological polar surface area (TPSA) is 76.1 Å². The Bertz CT molecular complexity index is 598. The summed E-state index contributed by atoms with van der Waals surface area (Å²) in [7, 11) is 1.61. The Hall–Kier alpha value is -2.08. The van der Waals surface area contributed by atoms with Crippen LogP contribution >= 0.6 is 0 Å². The van der Waals surface area contributed by atoms with Gasteiger partial charge < -0.3 is 19.5 Å². The number of hydrogen-bond acceptors (Lipinski definition) is 4. The summed E-state index contributed by atoms with van der Waals surface area (Å²) in [6.07, 6.45) is 1.30. The van der Waals surface area contributed by atoms with Crippen LogP contribution in [0.4, 0.5) is 0 Å². The number of aliphatic carboxylic acids is 1. The summed E-state index contributed by atoms with van der Waals surface area (Å²) in [5.74, 6) is -0.355. The van der Waals surface area contributed by atoms with Crippen LogP contribution in [0.5, 0.6) is 5.75 Å². The number of carbonyl (C=O) groups excluding carboxylic acids is 1. The van der Waals surface area contributed by atoms with Crippen molar-refractivity contribution in [3.8, 4) is 5.75 Å². The number of nitrogens with zero attached hydrogens (tertiary/aromatic N) is 1. The lowest BCUT2D eigenvalue weighted by Gasteiger charge is -2.26. The van der Waals surface area contributed by atoms with Crippen LogP contribution in [0.3, 0.4) is 0 Å². The van der Waals surface area contributed by atoms with E-state index in [-0.39, 0.29) is 11.9 Å². The summed E-state index contributed by atoms with van der Waals surface area (Å²) >= 11 is 0. The van der Waals surface area contributed by atoms with Crippen molar-refractivity contribution >= 4 is 11.9 Å². The Morgan fingerprint density at radius 1 is 1.22 bits per heavy atom. The van der Waals surface area contributed by atoms with E-state index in [4.69, 9.17) is 14.6 Å².